The second-order valence-electron chi connectivity index (χ2n) is 4.40. The lowest BCUT2D eigenvalue weighted by Gasteiger charge is -2.13. The summed E-state index contributed by atoms with van der Waals surface area (Å²) < 4.78 is 0. The van der Waals surface area contributed by atoms with Gasteiger partial charge in [-0.15, -0.1) is 0 Å². The first-order chi connectivity index (χ1) is 9.08. The van der Waals surface area contributed by atoms with E-state index in [0.717, 1.165) is 5.69 Å². The standard InChI is InChI=1S/C15H16N2O2/c1-10-9-12(7-8-16-10)15(19)17-14-6-4-3-5-13(14)11(2)18/h3-9,11,18H,1-2H3,(H,17,19). The highest BCUT2D eigenvalue weighted by Gasteiger charge is 2.11. The second kappa shape index (κ2) is 5.63. The van der Waals surface area contributed by atoms with Crippen LogP contribution >= 0.6 is 0 Å². The van der Waals surface area contributed by atoms with E-state index in [9.17, 15) is 9.90 Å². The van der Waals surface area contributed by atoms with Crippen LogP contribution in [0.3, 0.4) is 0 Å². The van der Waals surface area contributed by atoms with Crippen LogP contribution in [-0.2, 0) is 0 Å². The summed E-state index contributed by atoms with van der Waals surface area (Å²) in [5, 5.41) is 12.5. The smallest absolute Gasteiger partial charge is 0.255 e. The largest absolute Gasteiger partial charge is 0.389 e. The summed E-state index contributed by atoms with van der Waals surface area (Å²) in [5.74, 6) is -0.210. The van der Waals surface area contributed by atoms with E-state index in [1.165, 1.54) is 0 Å². The monoisotopic (exact) mass is 256 g/mol. The van der Waals surface area contributed by atoms with Crippen molar-refractivity contribution in [3.8, 4) is 0 Å². The molecule has 2 N–H and O–H groups in total. The molecule has 1 aromatic heterocycles. The Hall–Kier alpha value is -2.20. The topological polar surface area (TPSA) is 62.2 Å². The molecule has 0 aliphatic rings. The molecule has 2 rings (SSSR count). The molecule has 0 bridgehead atoms. The van der Waals surface area contributed by atoms with Gasteiger partial charge < -0.3 is 10.4 Å². The summed E-state index contributed by atoms with van der Waals surface area (Å²) in [7, 11) is 0. The van der Waals surface area contributed by atoms with Gasteiger partial charge in [0.2, 0.25) is 0 Å². The number of aryl methyl sites for hydroxylation is 1. The predicted molar refractivity (Wildman–Crippen MR) is 74.0 cm³/mol. The van der Waals surface area contributed by atoms with Gasteiger partial charge in [0.15, 0.2) is 0 Å². The molecule has 0 spiro atoms. The van der Waals surface area contributed by atoms with Gasteiger partial charge in [0.25, 0.3) is 5.91 Å². The minimum Gasteiger partial charge on any atom is -0.389 e. The van der Waals surface area contributed by atoms with Crippen molar-refractivity contribution in [1.82, 2.24) is 4.98 Å². The maximum Gasteiger partial charge on any atom is 0.255 e. The first kappa shape index (κ1) is 13.2. The molecule has 0 aliphatic carbocycles. The van der Waals surface area contributed by atoms with E-state index in [2.05, 4.69) is 10.3 Å². The molecule has 0 aliphatic heterocycles. The number of rotatable bonds is 3. The van der Waals surface area contributed by atoms with Crippen molar-refractivity contribution in [1.29, 1.82) is 0 Å². The molecule has 19 heavy (non-hydrogen) atoms. The fourth-order valence-electron chi connectivity index (χ4n) is 1.86. The summed E-state index contributed by atoms with van der Waals surface area (Å²) >= 11 is 0. The number of carbonyl (C=O) groups is 1. The zero-order valence-corrected chi connectivity index (χ0v) is 10.9. The van der Waals surface area contributed by atoms with Crippen LogP contribution in [0.25, 0.3) is 0 Å². The molecular weight excluding hydrogens is 240 g/mol. The summed E-state index contributed by atoms with van der Waals surface area (Å²) in [4.78, 5) is 16.2. The summed E-state index contributed by atoms with van der Waals surface area (Å²) in [6.07, 6.45) is 0.973. The van der Waals surface area contributed by atoms with E-state index in [0.29, 0.717) is 16.8 Å². The number of hydrogen-bond acceptors (Lipinski definition) is 3. The number of nitrogens with one attached hydrogen (secondary N) is 1. The zero-order chi connectivity index (χ0) is 13.8. The Labute approximate surface area is 112 Å². The van der Waals surface area contributed by atoms with Crippen LogP contribution in [0.4, 0.5) is 5.69 Å². The van der Waals surface area contributed by atoms with Crippen molar-refractivity contribution in [3.05, 3.63) is 59.4 Å². The van der Waals surface area contributed by atoms with Crippen molar-refractivity contribution in [2.45, 2.75) is 20.0 Å². The van der Waals surface area contributed by atoms with E-state index in [1.54, 1.807) is 37.4 Å². The van der Waals surface area contributed by atoms with Crippen molar-refractivity contribution >= 4 is 11.6 Å². The second-order valence-corrected chi connectivity index (χ2v) is 4.40. The number of benzene rings is 1. The van der Waals surface area contributed by atoms with E-state index >= 15 is 0 Å². The lowest BCUT2D eigenvalue weighted by atomic mass is 10.1. The predicted octanol–water partition coefficient (Wildman–Crippen LogP) is 2.70. The summed E-state index contributed by atoms with van der Waals surface area (Å²) in [6.45, 7) is 3.50. The molecule has 0 saturated carbocycles. The van der Waals surface area contributed by atoms with Gasteiger partial charge >= 0.3 is 0 Å². The van der Waals surface area contributed by atoms with Crippen LogP contribution < -0.4 is 5.32 Å². The molecule has 2 aromatic rings. The van der Waals surface area contributed by atoms with Crippen LogP contribution in [0.5, 0.6) is 0 Å². The number of carbonyl (C=O) groups excluding carboxylic acids is 1. The minimum absolute atomic E-state index is 0.210. The van der Waals surface area contributed by atoms with Crippen LogP contribution in [0.15, 0.2) is 42.6 Å². The van der Waals surface area contributed by atoms with Gasteiger partial charge in [-0.05, 0) is 32.0 Å². The van der Waals surface area contributed by atoms with Gasteiger partial charge in [0, 0.05) is 28.7 Å². The zero-order valence-electron chi connectivity index (χ0n) is 10.9. The molecule has 4 nitrogen and oxygen atoms in total. The van der Waals surface area contributed by atoms with Crippen molar-refractivity contribution in [2.24, 2.45) is 0 Å². The Morgan fingerprint density at radius 1 is 1.32 bits per heavy atom. The SMILES string of the molecule is Cc1cc(C(=O)Nc2ccccc2C(C)O)ccn1. The number of para-hydroxylation sites is 1. The van der Waals surface area contributed by atoms with Crippen LogP contribution in [0.2, 0.25) is 0 Å². The highest BCUT2D eigenvalue weighted by Crippen LogP contribution is 2.22. The normalized spacial score (nSPS) is 11.9. The maximum atomic E-state index is 12.1. The fraction of sp³-hybridized carbons (Fsp3) is 0.200. The molecule has 1 heterocycles. The number of amides is 1. The molecule has 4 heteroatoms. The molecule has 98 valence electrons. The molecule has 1 amide bonds. The number of pyridine rings is 1. The molecule has 1 atom stereocenters. The quantitative estimate of drug-likeness (QED) is 0.887. The Morgan fingerprint density at radius 3 is 2.74 bits per heavy atom. The van der Waals surface area contributed by atoms with Crippen molar-refractivity contribution in [2.75, 3.05) is 5.32 Å². The first-order valence-corrected chi connectivity index (χ1v) is 6.09. The van der Waals surface area contributed by atoms with Gasteiger partial charge in [0.05, 0.1) is 6.10 Å². The number of aliphatic hydroxyl groups is 1. The number of aliphatic hydroxyl groups excluding tert-OH is 1. The van der Waals surface area contributed by atoms with E-state index in [-0.39, 0.29) is 5.91 Å². The van der Waals surface area contributed by atoms with Gasteiger partial charge in [-0.25, -0.2) is 0 Å². The Morgan fingerprint density at radius 2 is 2.05 bits per heavy atom. The first-order valence-electron chi connectivity index (χ1n) is 6.09. The third kappa shape index (κ3) is 3.17. The van der Waals surface area contributed by atoms with E-state index in [1.807, 2.05) is 19.1 Å². The Kier molecular flexibility index (Phi) is 3.92. The maximum absolute atomic E-state index is 12.1. The lowest BCUT2D eigenvalue weighted by Crippen LogP contribution is -2.14. The van der Waals surface area contributed by atoms with Gasteiger partial charge in [-0.2, -0.15) is 0 Å². The summed E-state index contributed by atoms with van der Waals surface area (Å²) in [5.41, 5.74) is 2.66. The van der Waals surface area contributed by atoms with Crippen LogP contribution in [-0.4, -0.2) is 16.0 Å². The minimum atomic E-state index is -0.629. The molecule has 1 unspecified atom stereocenters. The molecule has 1 aromatic carbocycles. The number of anilines is 1. The highest BCUT2D eigenvalue weighted by molar-refractivity contribution is 6.04. The summed E-state index contributed by atoms with van der Waals surface area (Å²) in [6, 6.07) is 10.6. The molecule has 0 radical (unpaired) electrons. The average Bonchev–Trinajstić information content (AvgIpc) is 2.39. The number of nitrogens with zero attached hydrogens (tertiary/aromatic N) is 1. The van der Waals surface area contributed by atoms with Crippen molar-refractivity contribution < 1.29 is 9.90 Å². The molecular formula is C15H16N2O2. The Bertz CT molecular complexity index is 594. The molecule has 0 saturated heterocycles. The molecule has 0 fully saturated rings. The average molecular weight is 256 g/mol. The number of hydrogen-bond donors (Lipinski definition) is 2. The Balaban J connectivity index is 2.24. The van der Waals surface area contributed by atoms with Gasteiger partial charge in [-0.3, -0.25) is 9.78 Å². The van der Waals surface area contributed by atoms with E-state index in [4.69, 9.17) is 0 Å². The lowest BCUT2D eigenvalue weighted by molar-refractivity contribution is 0.102. The van der Waals surface area contributed by atoms with E-state index < -0.39 is 6.10 Å². The fourth-order valence-corrected chi connectivity index (χ4v) is 1.86. The third-order valence-corrected chi connectivity index (χ3v) is 2.82. The highest BCUT2D eigenvalue weighted by atomic mass is 16.3. The third-order valence-electron chi connectivity index (χ3n) is 2.82. The van der Waals surface area contributed by atoms with Gasteiger partial charge in [0.1, 0.15) is 0 Å². The number of aromatic nitrogens is 1. The van der Waals surface area contributed by atoms with Crippen LogP contribution in [0, 0.1) is 6.92 Å². The van der Waals surface area contributed by atoms with Gasteiger partial charge in [-0.1, -0.05) is 18.2 Å². The van der Waals surface area contributed by atoms with Crippen LogP contribution in [0.1, 0.15) is 34.6 Å². The van der Waals surface area contributed by atoms with Crippen molar-refractivity contribution in [3.63, 3.8) is 0 Å².